The summed E-state index contributed by atoms with van der Waals surface area (Å²) in [6, 6.07) is 10.7. The van der Waals surface area contributed by atoms with Crippen molar-refractivity contribution in [1.29, 1.82) is 0 Å². The number of nitrogens with zero attached hydrogens (tertiary/aromatic N) is 1. The molecule has 30 heavy (non-hydrogen) atoms. The molecule has 1 N–H and O–H groups in total. The molecular formula is C21H23FN2O4S2. The molecule has 0 saturated carbocycles. The molecule has 0 fully saturated rings. The summed E-state index contributed by atoms with van der Waals surface area (Å²) in [5.41, 5.74) is 0.939. The summed E-state index contributed by atoms with van der Waals surface area (Å²) in [7, 11) is -2.08. The zero-order valence-electron chi connectivity index (χ0n) is 16.9. The van der Waals surface area contributed by atoms with E-state index in [0.29, 0.717) is 39.3 Å². The minimum Gasteiger partial charge on any atom is -0.380 e. The number of nitrogens with one attached hydrogen (secondary N) is 1. The van der Waals surface area contributed by atoms with E-state index in [-0.39, 0.29) is 11.5 Å². The molecule has 0 aliphatic rings. The first-order chi connectivity index (χ1) is 14.3. The molecule has 3 aromatic rings. The van der Waals surface area contributed by atoms with Crippen molar-refractivity contribution in [2.75, 3.05) is 25.5 Å². The van der Waals surface area contributed by atoms with Crippen molar-refractivity contribution in [1.82, 2.24) is 4.31 Å². The number of benzene rings is 2. The number of halogens is 1. The lowest BCUT2D eigenvalue weighted by Gasteiger charge is -2.18. The maximum absolute atomic E-state index is 14.3. The Labute approximate surface area is 179 Å². The Morgan fingerprint density at radius 2 is 1.80 bits per heavy atom. The zero-order chi connectivity index (χ0) is 21.9. The Bertz CT molecular complexity index is 1150. The maximum atomic E-state index is 14.3. The van der Waals surface area contributed by atoms with Crippen LogP contribution in [0.4, 0.5) is 10.1 Å². The van der Waals surface area contributed by atoms with Gasteiger partial charge >= 0.3 is 0 Å². The van der Waals surface area contributed by atoms with Crippen LogP contribution >= 0.6 is 11.3 Å². The molecule has 1 heterocycles. The molecule has 0 spiro atoms. The monoisotopic (exact) mass is 450 g/mol. The summed E-state index contributed by atoms with van der Waals surface area (Å²) < 4.78 is 46.7. The van der Waals surface area contributed by atoms with Gasteiger partial charge in [0.15, 0.2) is 0 Å². The topological polar surface area (TPSA) is 75.7 Å². The summed E-state index contributed by atoms with van der Waals surface area (Å²) in [5.74, 6) is -0.803. The van der Waals surface area contributed by atoms with Crippen LogP contribution in [-0.4, -0.2) is 38.8 Å². The van der Waals surface area contributed by atoms with Gasteiger partial charge in [0.2, 0.25) is 10.0 Å². The SMILES string of the molecule is CCN(CC)S(=O)(=O)c1ccc(NC(=O)c2sc3cccc(F)c3c2COC)cc1. The highest BCUT2D eigenvalue weighted by Gasteiger charge is 2.23. The molecule has 0 bridgehead atoms. The number of anilines is 1. The molecule has 0 aliphatic carbocycles. The van der Waals surface area contributed by atoms with Gasteiger partial charge in [-0.05, 0) is 36.4 Å². The number of rotatable bonds is 8. The lowest BCUT2D eigenvalue weighted by atomic mass is 10.1. The second-order valence-corrected chi connectivity index (χ2v) is 9.51. The van der Waals surface area contributed by atoms with Gasteiger partial charge in [-0.1, -0.05) is 19.9 Å². The summed E-state index contributed by atoms with van der Waals surface area (Å²) >= 11 is 1.19. The number of amides is 1. The lowest BCUT2D eigenvalue weighted by Crippen LogP contribution is -2.30. The van der Waals surface area contributed by atoms with Gasteiger partial charge < -0.3 is 10.1 Å². The predicted molar refractivity (Wildman–Crippen MR) is 117 cm³/mol. The van der Waals surface area contributed by atoms with Crippen LogP contribution in [0.2, 0.25) is 0 Å². The minimum absolute atomic E-state index is 0.102. The molecule has 160 valence electrons. The van der Waals surface area contributed by atoms with Crippen LogP contribution in [0.25, 0.3) is 10.1 Å². The van der Waals surface area contributed by atoms with Gasteiger partial charge in [-0.3, -0.25) is 4.79 Å². The summed E-state index contributed by atoms with van der Waals surface area (Å²) in [6.07, 6.45) is 0. The van der Waals surface area contributed by atoms with E-state index in [0.717, 1.165) is 0 Å². The van der Waals surface area contributed by atoms with Crippen molar-refractivity contribution in [2.45, 2.75) is 25.3 Å². The van der Waals surface area contributed by atoms with Gasteiger partial charge in [0.25, 0.3) is 5.91 Å². The molecule has 0 unspecified atom stereocenters. The Morgan fingerprint density at radius 3 is 2.40 bits per heavy atom. The van der Waals surface area contributed by atoms with Gasteiger partial charge in [-0.15, -0.1) is 11.3 Å². The Morgan fingerprint density at radius 1 is 1.13 bits per heavy atom. The average molecular weight is 451 g/mol. The molecule has 1 aromatic heterocycles. The normalized spacial score (nSPS) is 11.9. The van der Waals surface area contributed by atoms with Crippen molar-refractivity contribution in [3.05, 3.63) is 58.7 Å². The molecule has 9 heteroatoms. The Balaban J connectivity index is 1.88. The molecule has 2 aromatic carbocycles. The van der Waals surface area contributed by atoms with E-state index in [2.05, 4.69) is 5.32 Å². The number of ether oxygens (including phenoxy) is 1. The highest BCUT2D eigenvalue weighted by Crippen LogP contribution is 2.34. The van der Waals surface area contributed by atoms with Gasteiger partial charge in [0.05, 0.1) is 16.4 Å². The third kappa shape index (κ3) is 4.24. The first-order valence-corrected chi connectivity index (χ1v) is 11.7. The minimum atomic E-state index is -3.57. The number of carbonyl (C=O) groups is 1. The van der Waals surface area contributed by atoms with E-state index >= 15 is 0 Å². The van der Waals surface area contributed by atoms with E-state index < -0.39 is 21.7 Å². The van der Waals surface area contributed by atoms with Crippen LogP contribution in [-0.2, 0) is 21.4 Å². The van der Waals surface area contributed by atoms with Gasteiger partial charge in [-0.25, -0.2) is 12.8 Å². The lowest BCUT2D eigenvalue weighted by molar-refractivity contribution is 0.102. The van der Waals surface area contributed by atoms with Crippen molar-refractivity contribution < 1.29 is 22.3 Å². The average Bonchev–Trinajstić information content (AvgIpc) is 3.09. The number of carbonyl (C=O) groups excluding carboxylic acids is 1. The number of hydrogen-bond donors (Lipinski definition) is 1. The molecule has 1 amide bonds. The van der Waals surface area contributed by atoms with E-state index in [1.165, 1.54) is 53.1 Å². The number of sulfonamides is 1. The quantitative estimate of drug-likeness (QED) is 0.549. The summed E-state index contributed by atoms with van der Waals surface area (Å²) in [4.78, 5) is 13.4. The number of methoxy groups -OCH3 is 1. The second kappa shape index (κ2) is 9.22. The van der Waals surface area contributed by atoms with E-state index in [4.69, 9.17) is 4.74 Å². The smallest absolute Gasteiger partial charge is 0.266 e. The molecule has 0 aliphatic heterocycles. The number of thiophene rings is 1. The maximum Gasteiger partial charge on any atom is 0.266 e. The third-order valence-electron chi connectivity index (χ3n) is 4.71. The van der Waals surface area contributed by atoms with Crippen LogP contribution < -0.4 is 5.32 Å². The zero-order valence-corrected chi connectivity index (χ0v) is 18.6. The molecular weight excluding hydrogens is 427 g/mol. The van der Waals surface area contributed by atoms with Crippen LogP contribution in [0.5, 0.6) is 0 Å². The molecule has 6 nitrogen and oxygen atoms in total. The molecule has 0 atom stereocenters. The van der Waals surface area contributed by atoms with E-state index in [1.807, 2.05) is 0 Å². The molecule has 0 saturated heterocycles. The summed E-state index contributed by atoms with van der Waals surface area (Å²) in [6.45, 7) is 4.41. The highest BCUT2D eigenvalue weighted by atomic mass is 32.2. The standard InChI is InChI=1S/C21H23FN2O4S2/c1-4-24(5-2)30(26,27)15-11-9-14(10-12-15)23-21(25)20-16(13-28-3)19-17(22)7-6-8-18(19)29-20/h6-12H,4-5,13H2,1-3H3,(H,23,25). The Hall–Kier alpha value is -2.33. The van der Waals surface area contributed by atoms with Crippen LogP contribution in [0.3, 0.4) is 0 Å². The number of fused-ring (bicyclic) bond motifs is 1. The van der Waals surface area contributed by atoms with Crippen LogP contribution in [0.1, 0.15) is 29.1 Å². The fraction of sp³-hybridized carbons (Fsp3) is 0.286. The Kier molecular flexibility index (Phi) is 6.87. The predicted octanol–water partition coefficient (Wildman–Crippen LogP) is 4.47. The fourth-order valence-electron chi connectivity index (χ4n) is 3.24. The first-order valence-electron chi connectivity index (χ1n) is 9.43. The van der Waals surface area contributed by atoms with E-state index in [1.54, 1.807) is 26.0 Å². The highest BCUT2D eigenvalue weighted by molar-refractivity contribution is 7.89. The summed E-state index contributed by atoms with van der Waals surface area (Å²) in [5, 5.41) is 3.14. The van der Waals surface area contributed by atoms with Gasteiger partial charge in [-0.2, -0.15) is 4.31 Å². The third-order valence-corrected chi connectivity index (χ3v) is 7.97. The fourth-order valence-corrected chi connectivity index (χ4v) is 5.82. The van der Waals surface area contributed by atoms with Gasteiger partial charge in [0.1, 0.15) is 5.82 Å². The molecule has 3 rings (SSSR count). The van der Waals surface area contributed by atoms with Crippen molar-refractivity contribution in [3.63, 3.8) is 0 Å². The first kappa shape index (κ1) is 22.4. The largest absolute Gasteiger partial charge is 0.380 e. The van der Waals surface area contributed by atoms with Crippen LogP contribution in [0.15, 0.2) is 47.4 Å². The van der Waals surface area contributed by atoms with Crippen molar-refractivity contribution in [2.24, 2.45) is 0 Å². The van der Waals surface area contributed by atoms with Crippen LogP contribution in [0, 0.1) is 5.82 Å². The van der Waals surface area contributed by atoms with Crippen molar-refractivity contribution >= 4 is 43.0 Å². The van der Waals surface area contributed by atoms with Gasteiger partial charge in [0, 0.05) is 41.5 Å². The molecule has 0 radical (unpaired) electrons. The van der Waals surface area contributed by atoms with Crippen molar-refractivity contribution in [3.8, 4) is 0 Å². The van der Waals surface area contributed by atoms with E-state index in [9.17, 15) is 17.6 Å². The number of hydrogen-bond acceptors (Lipinski definition) is 5. The second-order valence-electron chi connectivity index (χ2n) is 6.52.